The van der Waals surface area contributed by atoms with Crippen LogP contribution in [0.15, 0.2) is 54.6 Å². The molecule has 1 unspecified atom stereocenters. The summed E-state index contributed by atoms with van der Waals surface area (Å²) in [4.78, 5) is 11.9. The van der Waals surface area contributed by atoms with Crippen molar-refractivity contribution < 1.29 is 9.90 Å². The Morgan fingerprint density at radius 2 is 1.75 bits per heavy atom. The van der Waals surface area contributed by atoms with E-state index in [0.717, 1.165) is 5.56 Å². The highest BCUT2D eigenvalue weighted by Gasteiger charge is 2.09. The van der Waals surface area contributed by atoms with Gasteiger partial charge in [-0.2, -0.15) is 0 Å². The summed E-state index contributed by atoms with van der Waals surface area (Å²) in [5.41, 5.74) is 2.35. The highest BCUT2D eigenvalue weighted by atomic mass is 16.3. The van der Waals surface area contributed by atoms with Crippen LogP contribution in [0, 0.1) is 0 Å². The zero-order valence-electron chi connectivity index (χ0n) is 11.3. The van der Waals surface area contributed by atoms with Gasteiger partial charge < -0.3 is 15.7 Å². The van der Waals surface area contributed by atoms with E-state index in [0.29, 0.717) is 17.8 Å². The molecule has 0 saturated heterocycles. The quantitative estimate of drug-likeness (QED) is 0.799. The number of carbonyl (C=O) groups is 1. The van der Waals surface area contributed by atoms with Crippen LogP contribution >= 0.6 is 0 Å². The molecule has 0 bridgehead atoms. The Hall–Kier alpha value is -2.33. The van der Waals surface area contributed by atoms with Gasteiger partial charge >= 0.3 is 6.03 Å². The van der Waals surface area contributed by atoms with Crippen molar-refractivity contribution in [2.24, 2.45) is 0 Å². The fourth-order valence-corrected chi connectivity index (χ4v) is 1.92. The number of benzene rings is 2. The summed E-state index contributed by atoms with van der Waals surface area (Å²) in [7, 11) is 0. The molecule has 2 amide bonds. The maximum atomic E-state index is 11.9. The summed E-state index contributed by atoms with van der Waals surface area (Å²) in [6, 6.07) is 16.6. The van der Waals surface area contributed by atoms with Gasteiger partial charge in [0.05, 0.1) is 6.10 Å². The normalized spacial score (nSPS) is 11.7. The number of anilines is 1. The smallest absolute Gasteiger partial charge is 0.319 e. The Morgan fingerprint density at radius 3 is 2.45 bits per heavy atom. The minimum atomic E-state index is -0.624. The summed E-state index contributed by atoms with van der Waals surface area (Å²) in [6.45, 7) is 2.13. The van der Waals surface area contributed by atoms with Crippen LogP contribution in [0.4, 0.5) is 10.5 Å². The van der Waals surface area contributed by atoms with Crippen LogP contribution in [0.2, 0.25) is 0 Å². The molecule has 0 aliphatic carbocycles. The fourth-order valence-electron chi connectivity index (χ4n) is 1.92. The standard InChI is InChI=1S/C16H18N2O2/c1-12(19)14-9-5-6-10-15(14)18-16(20)17-11-13-7-3-2-4-8-13/h2-10,12,19H,11H2,1H3,(H2,17,18,20). The van der Waals surface area contributed by atoms with Gasteiger partial charge in [0.25, 0.3) is 0 Å². The van der Waals surface area contributed by atoms with E-state index in [2.05, 4.69) is 10.6 Å². The van der Waals surface area contributed by atoms with Gasteiger partial charge in [-0.3, -0.25) is 0 Å². The second kappa shape index (κ2) is 6.73. The first-order valence-corrected chi connectivity index (χ1v) is 6.52. The Balaban J connectivity index is 1.95. The SMILES string of the molecule is CC(O)c1ccccc1NC(=O)NCc1ccccc1. The molecule has 4 heteroatoms. The predicted octanol–water partition coefficient (Wildman–Crippen LogP) is 3.06. The summed E-state index contributed by atoms with van der Waals surface area (Å²) in [5.74, 6) is 0. The zero-order valence-corrected chi connectivity index (χ0v) is 11.3. The first kappa shape index (κ1) is 14.1. The van der Waals surface area contributed by atoms with Crippen LogP contribution in [-0.2, 0) is 6.54 Å². The van der Waals surface area contributed by atoms with Crippen molar-refractivity contribution in [2.75, 3.05) is 5.32 Å². The molecule has 0 heterocycles. The van der Waals surface area contributed by atoms with E-state index in [1.807, 2.05) is 42.5 Å². The molecule has 104 valence electrons. The number of urea groups is 1. The number of rotatable bonds is 4. The second-order valence-corrected chi connectivity index (χ2v) is 4.56. The number of para-hydroxylation sites is 1. The van der Waals surface area contributed by atoms with Crippen molar-refractivity contribution in [1.29, 1.82) is 0 Å². The van der Waals surface area contributed by atoms with Crippen LogP contribution in [0.5, 0.6) is 0 Å². The Morgan fingerprint density at radius 1 is 1.10 bits per heavy atom. The lowest BCUT2D eigenvalue weighted by molar-refractivity contribution is 0.200. The Bertz CT molecular complexity index is 568. The predicted molar refractivity (Wildman–Crippen MR) is 79.4 cm³/mol. The third-order valence-electron chi connectivity index (χ3n) is 2.95. The van der Waals surface area contributed by atoms with Crippen molar-refractivity contribution >= 4 is 11.7 Å². The van der Waals surface area contributed by atoms with Crippen molar-refractivity contribution in [3.63, 3.8) is 0 Å². The first-order valence-electron chi connectivity index (χ1n) is 6.52. The number of carbonyl (C=O) groups excluding carboxylic acids is 1. The molecule has 3 N–H and O–H groups in total. The lowest BCUT2D eigenvalue weighted by atomic mass is 10.1. The second-order valence-electron chi connectivity index (χ2n) is 4.56. The molecule has 0 spiro atoms. The summed E-state index contributed by atoms with van der Waals surface area (Å²) >= 11 is 0. The molecule has 4 nitrogen and oxygen atoms in total. The van der Waals surface area contributed by atoms with Crippen LogP contribution in [-0.4, -0.2) is 11.1 Å². The van der Waals surface area contributed by atoms with Gasteiger partial charge in [-0.15, -0.1) is 0 Å². The maximum absolute atomic E-state index is 11.9. The average molecular weight is 270 g/mol. The fraction of sp³-hybridized carbons (Fsp3) is 0.188. The van der Waals surface area contributed by atoms with E-state index in [9.17, 15) is 9.90 Å². The van der Waals surface area contributed by atoms with Gasteiger partial charge in [0.1, 0.15) is 0 Å². The molecular weight excluding hydrogens is 252 g/mol. The van der Waals surface area contributed by atoms with E-state index in [-0.39, 0.29) is 6.03 Å². The van der Waals surface area contributed by atoms with Crippen molar-refractivity contribution in [1.82, 2.24) is 5.32 Å². The van der Waals surface area contributed by atoms with E-state index < -0.39 is 6.10 Å². The lowest BCUT2D eigenvalue weighted by Crippen LogP contribution is -2.28. The van der Waals surface area contributed by atoms with E-state index in [4.69, 9.17) is 0 Å². The van der Waals surface area contributed by atoms with Crippen molar-refractivity contribution in [3.05, 3.63) is 65.7 Å². The molecule has 0 aromatic heterocycles. The number of hydrogen-bond donors (Lipinski definition) is 3. The van der Waals surface area contributed by atoms with Gasteiger partial charge in [-0.1, -0.05) is 48.5 Å². The third kappa shape index (κ3) is 3.83. The molecule has 0 saturated carbocycles. The molecule has 2 aromatic carbocycles. The van der Waals surface area contributed by atoms with Crippen LogP contribution in [0.1, 0.15) is 24.2 Å². The molecule has 0 fully saturated rings. The molecular formula is C16H18N2O2. The minimum absolute atomic E-state index is 0.290. The molecule has 0 radical (unpaired) electrons. The minimum Gasteiger partial charge on any atom is -0.389 e. The highest BCUT2D eigenvalue weighted by molar-refractivity contribution is 5.90. The van der Waals surface area contributed by atoms with Gasteiger partial charge in [0.15, 0.2) is 0 Å². The Kier molecular flexibility index (Phi) is 4.74. The highest BCUT2D eigenvalue weighted by Crippen LogP contribution is 2.21. The monoisotopic (exact) mass is 270 g/mol. The summed E-state index contributed by atoms with van der Waals surface area (Å²) in [5, 5.41) is 15.2. The molecule has 1 atom stereocenters. The molecule has 2 rings (SSSR count). The van der Waals surface area contributed by atoms with E-state index in [1.54, 1.807) is 19.1 Å². The molecule has 0 aliphatic heterocycles. The molecule has 2 aromatic rings. The third-order valence-corrected chi connectivity index (χ3v) is 2.95. The summed E-state index contributed by atoms with van der Waals surface area (Å²) < 4.78 is 0. The molecule has 0 aliphatic rings. The first-order chi connectivity index (χ1) is 9.66. The number of amides is 2. The van der Waals surface area contributed by atoms with Crippen LogP contribution in [0.25, 0.3) is 0 Å². The van der Waals surface area contributed by atoms with E-state index >= 15 is 0 Å². The zero-order chi connectivity index (χ0) is 14.4. The van der Waals surface area contributed by atoms with Crippen LogP contribution < -0.4 is 10.6 Å². The average Bonchev–Trinajstić information content (AvgIpc) is 2.46. The molecule has 20 heavy (non-hydrogen) atoms. The number of hydrogen-bond acceptors (Lipinski definition) is 2. The number of nitrogens with one attached hydrogen (secondary N) is 2. The topological polar surface area (TPSA) is 61.4 Å². The van der Waals surface area contributed by atoms with Crippen LogP contribution in [0.3, 0.4) is 0 Å². The lowest BCUT2D eigenvalue weighted by Gasteiger charge is -2.13. The van der Waals surface area contributed by atoms with Crippen molar-refractivity contribution in [2.45, 2.75) is 19.6 Å². The maximum Gasteiger partial charge on any atom is 0.319 e. The number of aliphatic hydroxyl groups excluding tert-OH is 1. The van der Waals surface area contributed by atoms with Crippen molar-refractivity contribution in [3.8, 4) is 0 Å². The largest absolute Gasteiger partial charge is 0.389 e. The van der Waals surface area contributed by atoms with Gasteiger partial charge in [-0.05, 0) is 18.6 Å². The van der Waals surface area contributed by atoms with Gasteiger partial charge in [-0.25, -0.2) is 4.79 Å². The Labute approximate surface area is 118 Å². The van der Waals surface area contributed by atoms with E-state index in [1.165, 1.54) is 0 Å². The van der Waals surface area contributed by atoms with Gasteiger partial charge in [0, 0.05) is 17.8 Å². The number of aliphatic hydroxyl groups is 1. The van der Waals surface area contributed by atoms with Gasteiger partial charge in [0.2, 0.25) is 0 Å². The summed E-state index contributed by atoms with van der Waals surface area (Å²) in [6.07, 6.45) is -0.624.